The third-order valence-corrected chi connectivity index (χ3v) is 3.99. The summed E-state index contributed by atoms with van der Waals surface area (Å²) in [5, 5.41) is 11.4. The highest BCUT2D eigenvalue weighted by molar-refractivity contribution is 14.1. The molecular formula is C10H10IN3OS. The Hall–Kier alpha value is -0.890. The van der Waals surface area contributed by atoms with Crippen LogP contribution >= 0.6 is 33.9 Å². The minimum Gasteiger partial charge on any atom is -0.345 e. The molecule has 0 saturated carbocycles. The molecule has 2 rings (SSSR count). The average molecular weight is 347 g/mol. The number of rotatable bonds is 3. The molecule has 1 unspecified atom stereocenters. The lowest BCUT2D eigenvalue weighted by Gasteiger charge is -2.10. The number of H-pyrrole nitrogens is 1. The van der Waals surface area contributed by atoms with Gasteiger partial charge < -0.3 is 5.32 Å². The molecule has 0 saturated heterocycles. The Morgan fingerprint density at radius 2 is 2.50 bits per heavy atom. The topological polar surface area (TPSA) is 57.8 Å². The Balaban J connectivity index is 2.03. The molecule has 6 heteroatoms. The van der Waals surface area contributed by atoms with Crippen LogP contribution in [0.2, 0.25) is 0 Å². The first-order chi connectivity index (χ1) is 7.66. The molecule has 16 heavy (non-hydrogen) atoms. The van der Waals surface area contributed by atoms with Crippen molar-refractivity contribution in [3.63, 3.8) is 0 Å². The lowest BCUT2D eigenvalue weighted by molar-refractivity contribution is 0.0940. The summed E-state index contributed by atoms with van der Waals surface area (Å²) >= 11 is 3.77. The Bertz CT molecular complexity index is 480. The summed E-state index contributed by atoms with van der Waals surface area (Å²) in [4.78, 5) is 11.8. The van der Waals surface area contributed by atoms with Crippen molar-refractivity contribution < 1.29 is 4.79 Å². The predicted molar refractivity (Wildman–Crippen MR) is 71.5 cm³/mol. The van der Waals surface area contributed by atoms with E-state index in [0.717, 1.165) is 8.45 Å². The SMILES string of the molecule is CC(NC(=O)c1csc(I)c1)c1cn[nH]c1. The smallest absolute Gasteiger partial charge is 0.252 e. The van der Waals surface area contributed by atoms with Crippen LogP contribution in [0, 0.1) is 2.88 Å². The van der Waals surface area contributed by atoms with Gasteiger partial charge in [-0.05, 0) is 35.6 Å². The van der Waals surface area contributed by atoms with Gasteiger partial charge in [0.25, 0.3) is 5.91 Å². The largest absolute Gasteiger partial charge is 0.345 e. The van der Waals surface area contributed by atoms with Gasteiger partial charge >= 0.3 is 0 Å². The molecule has 2 N–H and O–H groups in total. The molecule has 0 aliphatic rings. The number of aromatic nitrogens is 2. The summed E-state index contributed by atoms with van der Waals surface area (Å²) in [5.74, 6) is -0.0483. The van der Waals surface area contributed by atoms with E-state index in [1.807, 2.05) is 18.4 Å². The molecule has 2 aromatic heterocycles. The van der Waals surface area contributed by atoms with E-state index in [-0.39, 0.29) is 11.9 Å². The van der Waals surface area contributed by atoms with Crippen LogP contribution in [0.15, 0.2) is 23.8 Å². The number of hydrogen-bond acceptors (Lipinski definition) is 3. The van der Waals surface area contributed by atoms with Crippen LogP contribution < -0.4 is 5.32 Å². The van der Waals surface area contributed by atoms with E-state index in [2.05, 4.69) is 38.1 Å². The quantitative estimate of drug-likeness (QED) is 0.839. The fourth-order valence-corrected chi connectivity index (χ4v) is 2.62. The molecule has 0 aliphatic heterocycles. The number of aromatic amines is 1. The van der Waals surface area contributed by atoms with Gasteiger partial charge in [0.05, 0.1) is 20.7 Å². The molecule has 1 amide bonds. The first kappa shape index (κ1) is 11.6. The molecule has 1 atom stereocenters. The fraction of sp³-hybridized carbons (Fsp3) is 0.200. The average Bonchev–Trinajstić information content (AvgIpc) is 2.87. The third kappa shape index (κ3) is 2.62. The van der Waals surface area contributed by atoms with Gasteiger partial charge in [-0.1, -0.05) is 0 Å². The van der Waals surface area contributed by atoms with Crippen LogP contribution in [0.3, 0.4) is 0 Å². The summed E-state index contributed by atoms with van der Waals surface area (Å²) in [7, 11) is 0. The number of carbonyl (C=O) groups is 1. The molecule has 0 aromatic carbocycles. The summed E-state index contributed by atoms with van der Waals surface area (Å²) < 4.78 is 1.11. The number of carbonyl (C=O) groups excluding carboxylic acids is 1. The Kier molecular flexibility index (Phi) is 3.59. The Labute approximate surface area is 111 Å². The molecule has 0 fully saturated rings. The molecule has 4 nitrogen and oxygen atoms in total. The van der Waals surface area contributed by atoms with E-state index in [9.17, 15) is 4.79 Å². The minimum atomic E-state index is -0.0483. The molecule has 0 spiro atoms. The van der Waals surface area contributed by atoms with Crippen LogP contribution in [0.5, 0.6) is 0 Å². The van der Waals surface area contributed by atoms with Crippen molar-refractivity contribution in [1.82, 2.24) is 15.5 Å². The number of thiophene rings is 1. The highest BCUT2D eigenvalue weighted by Crippen LogP contribution is 2.17. The van der Waals surface area contributed by atoms with Gasteiger partial charge in [-0.2, -0.15) is 5.10 Å². The first-order valence-electron chi connectivity index (χ1n) is 4.70. The highest BCUT2D eigenvalue weighted by Gasteiger charge is 2.13. The van der Waals surface area contributed by atoms with Crippen molar-refractivity contribution in [1.29, 1.82) is 0 Å². The molecule has 2 aromatic rings. The van der Waals surface area contributed by atoms with Crippen molar-refractivity contribution >= 4 is 39.8 Å². The zero-order valence-electron chi connectivity index (χ0n) is 8.53. The van der Waals surface area contributed by atoms with Crippen molar-refractivity contribution in [2.75, 3.05) is 0 Å². The predicted octanol–water partition coefficient (Wildman–Crippen LogP) is 2.57. The summed E-state index contributed by atoms with van der Waals surface area (Å²) in [6, 6.07) is 1.84. The van der Waals surface area contributed by atoms with Gasteiger partial charge in [0.2, 0.25) is 0 Å². The Morgan fingerprint density at radius 1 is 1.69 bits per heavy atom. The standard InChI is InChI=1S/C10H10IN3OS/c1-6(8-3-12-13-4-8)14-10(15)7-2-9(11)16-5-7/h2-6H,1H3,(H,12,13)(H,14,15). The number of hydrogen-bond donors (Lipinski definition) is 2. The Morgan fingerprint density at radius 3 is 3.06 bits per heavy atom. The molecule has 84 valence electrons. The van der Waals surface area contributed by atoms with Crippen LogP contribution in [0.25, 0.3) is 0 Å². The summed E-state index contributed by atoms with van der Waals surface area (Å²) in [6.45, 7) is 1.93. The van der Waals surface area contributed by atoms with Crippen LogP contribution in [-0.2, 0) is 0 Å². The minimum absolute atomic E-state index is 0.0381. The summed E-state index contributed by atoms with van der Waals surface area (Å²) in [5.41, 5.74) is 1.68. The van der Waals surface area contributed by atoms with E-state index < -0.39 is 0 Å². The maximum atomic E-state index is 11.8. The van der Waals surface area contributed by atoms with Gasteiger partial charge in [0, 0.05) is 17.1 Å². The maximum Gasteiger partial charge on any atom is 0.252 e. The number of amides is 1. The highest BCUT2D eigenvalue weighted by atomic mass is 127. The second-order valence-corrected chi connectivity index (χ2v) is 6.17. The zero-order valence-corrected chi connectivity index (χ0v) is 11.5. The van der Waals surface area contributed by atoms with Crippen molar-refractivity contribution in [2.45, 2.75) is 13.0 Å². The lowest BCUT2D eigenvalue weighted by Crippen LogP contribution is -2.25. The monoisotopic (exact) mass is 347 g/mol. The van der Waals surface area contributed by atoms with Gasteiger partial charge in [-0.15, -0.1) is 11.3 Å². The van der Waals surface area contributed by atoms with Crippen molar-refractivity contribution in [3.05, 3.63) is 37.9 Å². The van der Waals surface area contributed by atoms with E-state index in [4.69, 9.17) is 0 Å². The second kappa shape index (κ2) is 4.96. The van der Waals surface area contributed by atoms with Crippen molar-refractivity contribution in [3.8, 4) is 0 Å². The maximum absolute atomic E-state index is 11.8. The normalized spacial score (nSPS) is 12.4. The molecule has 0 bridgehead atoms. The van der Waals surface area contributed by atoms with Crippen LogP contribution in [0.1, 0.15) is 28.9 Å². The number of halogens is 1. The fourth-order valence-electron chi connectivity index (χ4n) is 1.29. The second-order valence-electron chi connectivity index (χ2n) is 3.37. The molecule has 0 radical (unpaired) electrons. The van der Waals surface area contributed by atoms with Crippen LogP contribution in [0.4, 0.5) is 0 Å². The third-order valence-electron chi connectivity index (χ3n) is 2.20. The number of nitrogens with one attached hydrogen (secondary N) is 2. The molecular weight excluding hydrogens is 337 g/mol. The molecule has 2 heterocycles. The first-order valence-corrected chi connectivity index (χ1v) is 6.66. The van der Waals surface area contributed by atoms with Crippen molar-refractivity contribution in [2.24, 2.45) is 0 Å². The molecule has 0 aliphatic carbocycles. The zero-order chi connectivity index (χ0) is 11.5. The van der Waals surface area contributed by atoms with E-state index in [0.29, 0.717) is 5.56 Å². The summed E-state index contributed by atoms with van der Waals surface area (Å²) in [6.07, 6.45) is 3.49. The van der Waals surface area contributed by atoms with E-state index in [1.165, 1.54) is 0 Å². The van der Waals surface area contributed by atoms with Gasteiger partial charge in [-0.3, -0.25) is 9.89 Å². The van der Waals surface area contributed by atoms with E-state index in [1.54, 1.807) is 23.7 Å². The number of nitrogens with zero attached hydrogens (tertiary/aromatic N) is 1. The van der Waals surface area contributed by atoms with Gasteiger partial charge in [-0.25, -0.2) is 0 Å². The van der Waals surface area contributed by atoms with E-state index >= 15 is 0 Å². The lowest BCUT2D eigenvalue weighted by atomic mass is 10.2. The van der Waals surface area contributed by atoms with Crippen LogP contribution in [-0.4, -0.2) is 16.1 Å². The van der Waals surface area contributed by atoms with Gasteiger partial charge in [0.15, 0.2) is 0 Å². The van der Waals surface area contributed by atoms with Gasteiger partial charge in [0.1, 0.15) is 0 Å².